The first kappa shape index (κ1) is 18.6. The summed E-state index contributed by atoms with van der Waals surface area (Å²) in [5.74, 6) is -0.674. The van der Waals surface area contributed by atoms with Crippen LogP contribution in [0.3, 0.4) is 0 Å². The van der Waals surface area contributed by atoms with Gasteiger partial charge in [-0.05, 0) is 38.2 Å². The molecule has 1 amide bonds. The Morgan fingerprint density at radius 2 is 2.04 bits per heavy atom. The number of likely N-dealkylation sites (tertiary alicyclic amines) is 1. The molecule has 1 aromatic heterocycles. The smallest absolute Gasteiger partial charge is 0.358 e. The molecule has 0 unspecified atom stereocenters. The molecule has 1 fully saturated rings. The molecule has 1 aliphatic heterocycles. The molecule has 3 rings (SSSR count). The molecule has 26 heavy (non-hydrogen) atoms. The van der Waals surface area contributed by atoms with Crippen LogP contribution in [-0.2, 0) is 16.0 Å². The van der Waals surface area contributed by atoms with Crippen molar-refractivity contribution in [2.75, 3.05) is 13.2 Å². The molecule has 1 aliphatic rings. The Kier molecular flexibility index (Phi) is 6.04. The lowest BCUT2D eigenvalue weighted by Crippen LogP contribution is -2.44. The van der Waals surface area contributed by atoms with Gasteiger partial charge in [-0.1, -0.05) is 31.2 Å². The number of esters is 1. The molecule has 0 bridgehead atoms. The predicted molar refractivity (Wildman–Crippen MR) is 102 cm³/mol. The number of hydrogen-bond donors (Lipinski definition) is 0. The summed E-state index contributed by atoms with van der Waals surface area (Å²) in [5.41, 5.74) is 2.49. The molecular weight excluding hydrogens is 348 g/mol. The molecule has 138 valence electrons. The third kappa shape index (κ3) is 4.30. The van der Waals surface area contributed by atoms with Gasteiger partial charge in [-0.2, -0.15) is 0 Å². The summed E-state index contributed by atoms with van der Waals surface area (Å²) in [6.07, 6.45) is 4.15. The van der Waals surface area contributed by atoms with Crippen LogP contribution in [-0.4, -0.2) is 41.0 Å². The number of nitrogens with zero attached hydrogens (tertiary/aromatic N) is 2. The molecule has 1 saturated heterocycles. The summed E-state index contributed by atoms with van der Waals surface area (Å²) >= 11 is 1.40. The fraction of sp³-hybridized carbons (Fsp3) is 0.450. The second-order valence-electron chi connectivity index (χ2n) is 6.60. The second kappa shape index (κ2) is 8.45. The van der Waals surface area contributed by atoms with E-state index in [1.165, 1.54) is 16.9 Å². The van der Waals surface area contributed by atoms with Gasteiger partial charge in [0.1, 0.15) is 5.01 Å². The Morgan fingerprint density at radius 1 is 1.27 bits per heavy atom. The molecule has 0 saturated carbocycles. The van der Waals surface area contributed by atoms with E-state index in [-0.39, 0.29) is 24.2 Å². The summed E-state index contributed by atoms with van der Waals surface area (Å²) in [6, 6.07) is 8.36. The average Bonchev–Trinajstić information content (AvgIpc) is 3.16. The van der Waals surface area contributed by atoms with Gasteiger partial charge in [0.2, 0.25) is 0 Å². The van der Waals surface area contributed by atoms with E-state index < -0.39 is 5.97 Å². The highest BCUT2D eigenvalue weighted by Gasteiger charge is 2.24. The lowest BCUT2D eigenvalue weighted by molar-refractivity contribution is -0.137. The lowest BCUT2D eigenvalue weighted by Gasteiger charge is -2.33. The van der Waals surface area contributed by atoms with Gasteiger partial charge in [0.05, 0.1) is 0 Å². The van der Waals surface area contributed by atoms with Crippen LogP contribution in [0.4, 0.5) is 0 Å². The third-order valence-corrected chi connectivity index (χ3v) is 5.66. The number of benzene rings is 1. The zero-order valence-electron chi connectivity index (χ0n) is 15.2. The highest BCUT2D eigenvalue weighted by Crippen LogP contribution is 2.24. The van der Waals surface area contributed by atoms with Crippen molar-refractivity contribution in [3.63, 3.8) is 0 Å². The summed E-state index contributed by atoms with van der Waals surface area (Å²) in [6.45, 7) is 4.67. The molecule has 1 atom stereocenters. The van der Waals surface area contributed by atoms with Crippen molar-refractivity contribution in [1.29, 1.82) is 0 Å². The van der Waals surface area contributed by atoms with Gasteiger partial charge in [-0.25, -0.2) is 9.78 Å². The van der Waals surface area contributed by atoms with E-state index in [1.54, 1.807) is 10.3 Å². The van der Waals surface area contributed by atoms with Crippen LogP contribution in [0.5, 0.6) is 0 Å². The maximum atomic E-state index is 12.3. The number of rotatable bonds is 5. The summed E-state index contributed by atoms with van der Waals surface area (Å²) in [7, 11) is 0. The first-order valence-corrected chi connectivity index (χ1v) is 9.98. The zero-order valence-corrected chi connectivity index (χ0v) is 16.1. The molecule has 0 spiro atoms. The molecule has 2 heterocycles. The number of ether oxygens (including phenoxy) is 1. The average molecular weight is 372 g/mol. The van der Waals surface area contributed by atoms with Crippen LogP contribution in [0.2, 0.25) is 0 Å². The number of piperidine rings is 1. The number of carbonyl (C=O) groups excluding carboxylic acids is 2. The van der Waals surface area contributed by atoms with Crippen molar-refractivity contribution in [3.8, 4) is 10.6 Å². The first-order valence-electron chi connectivity index (χ1n) is 9.10. The largest absolute Gasteiger partial charge is 0.451 e. The second-order valence-corrected chi connectivity index (χ2v) is 7.45. The van der Waals surface area contributed by atoms with Gasteiger partial charge in [0.25, 0.3) is 5.91 Å². The van der Waals surface area contributed by atoms with Crippen molar-refractivity contribution >= 4 is 23.2 Å². The normalized spacial score (nSPS) is 17.2. The lowest BCUT2D eigenvalue weighted by atomic mass is 10.0. The number of aromatic nitrogens is 1. The van der Waals surface area contributed by atoms with E-state index in [0.717, 1.165) is 42.8 Å². The number of amides is 1. The van der Waals surface area contributed by atoms with E-state index in [0.29, 0.717) is 0 Å². The molecule has 5 nitrogen and oxygen atoms in total. The Morgan fingerprint density at radius 3 is 2.73 bits per heavy atom. The third-order valence-electron chi connectivity index (χ3n) is 4.77. The van der Waals surface area contributed by atoms with E-state index in [1.807, 2.05) is 19.1 Å². The van der Waals surface area contributed by atoms with Gasteiger partial charge in [-0.15, -0.1) is 11.3 Å². The Balaban J connectivity index is 1.58. The summed E-state index contributed by atoms with van der Waals surface area (Å²) in [4.78, 5) is 30.6. The van der Waals surface area contributed by atoms with Crippen LogP contribution < -0.4 is 0 Å². The van der Waals surface area contributed by atoms with E-state index in [4.69, 9.17) is 4.74 Å². The minimum Gasteiger partial charge on any atom is -0.451 e. The Bertz CT molecular complexity index is 770. The van der Waals surface area contributed by atoms with Gasteiger partial charge < -0.3 is 9.64 Å². The van der Waals surface area contributed by atoms with Crippen molar-refractivity contribution < 1.29 is 14.3 Å². The number of hydrogen-bond acceptors (Lipinski definition) is 5. The first-order chi connectivity index (χ1) is 12.6. The number of carbonyl (C=O) groups is 2. The fourth-order valence-electron chi connectivity index (χ4n) is 3.14. The van der Waals surface area contributed by atoms with Crippen LogP contribution in [0.15, 0.2) is 29.6 Å². The Hall–Kier alpha value is -2.21. The Labute approximate surface area is 158 Å². The molecule has 0 aliphatic carbocycles. The predicted octanol–water partition coefficient (Wildman–Crippen LogP) is 3.93. The topological polar surface area (TPSA) is 59.5 Å². The van der Waals surface area contributed by atoms with E-state index in [9.17, 15) is 9.59 Å². The van der Waals surface area contributed by atoms with Crippen molar-refractivity contribution in [3.05, 3.63) is 40.9 Å². The zero-order chi connectivity index (χ0) is 18.5. The maximum absolute atomic E-state index is 12.3. The van der Waals surface area contributed by atoms with Crippen LogP contribution in [0, 0.1) is 0 Å². The molecule has 0 radical (unpaired) electrons. The quantitative estimate of drug-likeness (QED) is 0.746. The van der Waals surface area contributed by atoms with Crippen LogP contribution in [0.25, 0.3) is 10.6 Å². The molecule has 1 aromatic carbocycles. The van der Waals surface area contributed by atoms with Crippen molar-refractivity contribution in [2.45, 2.75) is 45.6 Å². The van der Waals surface area contributed by atoms with Gasteiger partial charge in [0.15, 0.2) is 12.3 Å². The number of thiazole rings is 1. The minimum atomic E-state index is -0.546. The van der Waals surface area contributed by atoms with E-state index in [2.05, 4.69) is 24.0 Å². The van der Waals surface area contributed by atoms with Gasteiger partial charge in [0, 0.05) is 23.5 Å². The standard InChI is InChI=1S/C20H24N2O3S/c1-3-15-7-9-16(10-8-15)19-21-17(13-26-19)20(24)25-12-18(23)22-11-5-4-6-14(22)2/h7-10,13-14H,3-6,11-12H2,1-2H3/t14-/m1/s1. The molecule has 0 N–H and O–H groups in total. The molecular formula is C20H24N2O3S. The van der Waals surface area contributed by atoms with E-state index >= 15 is 0 Å². The fourth-order valence-corrected chi connectivity index (χ4v) is 3.93. The van der Waals surface area contributed by atoms with Crippen LogP contribution >= 0.6 is 11.3 Å². The van der Waals surface area contributed by atoms with Crippen molar-refractivity contribution in [2.24, 2.45) is 0 Å². The summed E-state index contributed by atoms with van der Waals surface area (Å²) in [5, 5.41) is 2.45. The highest BCUT2D eigenvalue weighted by atomic mass is 32.1. The highest BCUT2D eigenvalue weighted by molar-refractivity contribution is 7.13. The monoisotopic (exact) mass is 372 g/mol. The SMILES string of the molecule is CCc1ccc(-c2nc(C(=O)OCC(=O)N3CCCC[C@H]3C)cs2)cc1. The molecule has 2 aromatic rings. The van der Waals surface area contributed by atoms with Gasteiger partial charge >= 0.3 is 5.97 Å². The molecule has 6 heteroatoms. The summed E-state index contributed by atoms with van der Waals surface area (Å²) < 4.78 is 5.19. The van der Waals surface area contributed by atoms with Crippen molar-refractivity contribution in [1.82, 2.24) is 9.88 Å². The number of aryl methyl sites for hydroxylation is 1. The maximum Gasteiger partial charge on any atom is 0.358 e. The minimum absolute atomic E-state index is 0.129. The van der Waals surface area contributed by atoms with Crippen LogP contribution in [0.1, 0.15) is 49.2 Å². The van der Waals surface area contributed by atoms with Gasteiger partial charge in [-0.3, -0.25) is 4.79 Å².